The van der Waals surface area contributed by atoms with Gasteiger partial charge < -0.3 is 20.4 Å². The second-order valence-electron chi connectivity index (χ2n) is 4.90. The first-order valence-corrected chi connectivity index (χ1v) is 7.62. The van der Waals surface area contributed by atoms with Gasteiger partial charge in [-0.25, -0.2) is 4.79 Å². The molecule has 1 rings (SSSR count). The lowest BCUT2D eigenvalue weighted by Crippen LogP contribution is -2.48. The number of carbonyl (C=O) groups is 3. The fraction of sp³-hybridized carbons (Fsp3) is 0.750. The topological polar surface area (TPSA) is 107 Å². The predicted octanol–water partition coefficient (Wildman–Crippen LogP) is 0.843. The van der Waals surface area contributed by atoms with Gasteiger partial charge in [-0.05, 0) is 19.1 Å². The highest BCUT2D eigenvalue weighted by Gasteiger charge is 2.34. The summed E-state index contributed by atoms with van der Waals surface area (Å²) in [4.78, 5) is 34.0. The van der Waals surface area contributed by atoms with E-state index >= 15 is 0 Å². The molecule has 0 heterocycles. The van der Waals surface area contributed by atoms with Crippen molar-refractivity contribution in [2.75, 3.05) is 25.9 Å². The number of hydrogen-bond acceptors (Lipinski definition) is 4. The van der Waals surface area contributed by atoms with Gasteiger partial charge in [-0.1, -0.05) is 12.8 Å². The number of nitrogens with zero attached hydrogens (tertiary/aromatic N) is 1. The second-order valence-corrected chi connectivity index (χ2v) is 6.17. The van der Waals surface area contributed by atoms with Crippen molar-refractivity contribution in [2.45, 2.75) is 30.4 Å². The number of amides is 2. The molecule has 0 aliphatic heterocycles. The molecule has 0 saturated heterocycles. The molecule has 1 saturated carbocycles. The molecular formula is C12H20N2O5S. The van der Waals surface area contributed by atoms with Crippen LogP contribution in [-0.4, -0.2) is 63.7 Å². The third kappa shape index (κ3) is 4.92. The number of aliphatic carboxylic acids is 2. The van der Waals surface area contributed by atoms with E-state index in [-0.39, 0.29) is 4.75 Å². The molecule has 0 radical (unpaired) electrons. The summed E-state index contributed by atoms with van der Waals surface area (Å²) in [6.07, 6.45) is 6.23. The molecule has 7 nitrogen and oxygen atoms in total. The highest BCUT2D eigenvalue weighted by atomic mass is 32.2. The van der Waals surface area contributed by atoms with E-state index < -0.39 is 31.1 Å². The molecule has 114 valence electrons. The lowest BCUT2D eigenvalue weighted by Gasteiger charge is -2.28. The Morgan fingerprint density at radius 1 is 1.15 bits per heavy atom. The summed E-state index contributed by atoms with van der Waals surface area (Å²) in [5.41, 5.74) is 0. The van der Waals surface area contributed by atoms with Crippen molar-refractivity contribution in [3.63, 3.8) is 0 Å². The molecule has 0 spiro atoms. The zero-order chi connectivity index (χ0) is 15.2. The summed E-state index contributed by atoms with van der Waals surface area (Å²) in [6, 6.07) is -0.643. The minimum absolute atomic E-state index is 0.00617. The van der Waals surface area contributed by atoms with Gasteiger partial charge in [0.15, 0.2) is 0 Å². The van der Waals surface area contributed by atoms with Crippen LogP contribution in [0.1, 0.15) is 25.7 Å². The van der Waals surface area contributed by atoms with Gasteiger partial charge in [-0.3, -0.25) is 9.59 Å². The van der Waals surface area contributed by atoms with Gasteiger partial charge in [0.05, 0.1) is 0 Å². The minimum Gasteiger partial charge on any atom is -0.480 e. The van der Waals surface area contributed by atoms with E-state index in [2.05, 4.69) is 5.32 Å². The van der Waals surface area contributed by atoms with E-state index in [4.69, 9.17) is 10.2 Å². The summed E-state index contributed by atoms with van der Waals surface area (Å²) < 4.78 is -0.00617. The number of thioether (sulfide) groups is 1. The maximum atomic E-state index is 11.9. The van der Waals surface area contributed by atoms with Gasteiger partial charge in [0, 0.05) is 11.3 Å². The van der Waals surface area contributed by atoms with E-state index in [0.717, 1.165) is 30.6 Å². The Morgan fingerprint density at radius 3 is 2.05 bits per heavy atom. The maximum absolute atomic E-state index is 11.9. The molecule has 8 heteroatoms. The Labute approximate surface area is 121 Å². The van der Waals surface area contributed by atoms with Gasteiger partial charge in [-0.15, -0.1) is 0 Å². The van der Waals surface area contributed by atoms with Crippen molar-refractivity contribution >= 4 is 29.7 Å². The minimum atomic E-state index is -1.23. The van der Waals surface area contributed by atoms with E-state index in [9.17, 15) is 14.4 Å². The Morgan fingerprint density at radius 2 is 1.65 bits per heavy atom. The van der Waals surface area contributed by atoms with Crippen LogP contribution in [0, 0.1) is 0 Å². The Bertz CT molecular complexity index is 366. The van der Waals surface area contributed by atoms with Crippen LogP contribution in [0.15, 0.2) is 0 Å². The van der Waals surface area contributed by atoms with Gasteiger partial charge in [0.2, 0.25) is 0 Å². The van der Waals surface area contributed by atoms with Crippen LogP contribution in [0.4, 0.5) is 4.79 Å². The summed E-state index contributed by atoms with van der Waals surface area (Å²) in [7, 11) is 0. The summed E-state index contributed by atoms with van der Waals surface area (Å²) >= 11 is 1.70. The summed E-state index contributed by atoms with van der Waals surface area (Å²) in [6.45, 7) is -0.808. The van der Waals surface area contributed by atoms with Crippen LogP contribution in [0.3, 0.4) is 0 Å². The molecule has 1 aliphatic rings. The Balaban J connectivity index is 2.56. The zero-order valence-corrected chi connectivity index (χ0v) is 12.2. The van der Waals surface area contributed by atoms with Crippen molar-refractivity contribution in [1.29, 1.82) is 0 Å². The van der Waals surface area contributed by atoms with Crippen LogP contribution in [0.2, 0.25) is 0 Å². The first kappa shape index (κ1) is 16.6. The number of urea groups is 1. The summed E-state index contributed by atoms with van der Waals surface area (Å²) in [5.74, 6) is -2.47. The van der Waals surface area contributed by atoms with E-state index in [1.54, 1.807) is 11.8 Å². The van der Waals surface area contributed by atoms with Gasteiger partial charge in [-0.2, -0.15) is 11.8 Å². The molecule has 1 fully saturated rings. The van der Waals surface area contributed by atoms with Gasteiger partial charge >= 0.3 is 18.0 Å². The Kier molecular flexibility index (Phi) is 6.12. The van der Waals surface area contributed by atoms with Crippen LogP contribution in [-0.2, 0) is 9.59 Å². The number of carboxylic acids is 2. The van der Waals surface area contributed by atoms with Crippen molar-refractivity contribution < 1.29 is 24.6 Å². The van der Waals surface area contributed by atoms with E-state index in [1.165, 1.54) is 0 Å². The molecule has 0 bridgehead atoms. The number of nitrogens with one attached hydrogen (secondary N) is 1. The van der Waals surface area contributed by atoms with Crippen molar-refractivity contribution in [3.8, 4) is 0 Å². The van der Waals surface area contributed by atoms with Crippen LogP contribution in [0.5, 0.6) is 0 Å². The number of rotatable bonds is 7. The monoisotopic (exact) mass is 304 g/mol. The van der Waals surface area contributed by atoms with Crippen molar-refractivity contribution in [1.82, 2.24) is 10.2 Å². The smallest absolute Gasteiger partial charge is 0.323 e. The van der Waals surface area contributed by atoms with Gasteiger partial charge in [0.25, 0.3) is 0 Å². The lowest BCUT2D eigenvalue weighted by molar-refractivity contribution is -0.140. The number of hydrogen-bond donors (Lipinski definition) is 3. The maximum Gasteiger partial charge on any atom is 0.323 e. The molecule has 0 atom stereocenters. The van der Waals surface area contributed by atoms with E-state index in [0.29, 0.717) is 6.54 Å². The van der Waals surface area contributed by atoms with E-state index in [1.807, 2.05) is 6.26 Å². The Hall–Kier alpha value is -1.44. The molecular weight excluding hydrogens is 284 g/mol. The molecule has 1 aliphatic carbocycles. The fourth-order valence-electron chi connectivity index (χ4n) is 2.35. The first-order chi connectivity index (χ1) is 9.38. The predicted molar refractivity (Wildman–Crippen MR) is 75.0 cm³/mol. The molecule has 0 aromatic carbocycles. The average Bonchev–Trinajstić information content (AvgIpc) is 2.83. The van der Waals surface area contributed by atoms with Crippen molar-refractivity contribution in [2.24, 2.45) is 0 Å². The third-order valence-corrected chi connectivity index (χ3v) is 4.87. The SMILES string of the molecule is CSC1(CNC(=O)N(CC(=O)O)CC(=O)O)CCCC1. The van der Waals surface area contributed by atoms with Crippen LogP contribution in [0.25, 0.3) is 0 Å². The normalized spacial score (nSPS) is 16.6. The third-order valence-electron chi connectivity index (χ3n) is 3.45. The van der Waals surface area contributed by atoms with Crippen LogP contribution >= 0.6 is 11.8 Å². The number of carboxylic acid groups (broad SMARTS) is 2. The molecule has 20 heavy (non-hydrogen) atoms. The quantitative estimate of drug-likeness (QED) is 0.643. The molecule has 0 unspecified atom stereocenters. The highest BCUT2D eigenvalue weighted by Crippen LogP contribution is 2.39. The van der Waals surface area contributed by atoms with Crippen LogP contribution < -0.4 is 5.32 Å². The van der Waals surface area contributed by atoms with Crippen molar-refractivity contribution in [3.05, 3.63) is 0 Å². The lowest BCUT2D eigenvalue weighted by atomic mass is 10.1. The standard InChI is InChI=1S/C12H20N2O5S/c1-20-12(4-2-3-5-12)8-13-11(19)14(6-9(15)16)7-10(17)18/h2-8H2,1H3,(H,13,19)(H,15,16)(H,17,18). The molecule has 0 aromatic rings. The van der Waals surface area contributed by atoms with Gasteiger partial charge in [0.1, 0.15) is 13.1 Å². The molecule has 2 amide bonds. The molecule has 0 aromatic heterocycles. The average molecular weight is 304 g/mol. The largest absolute Gasteiger partial charge is 0.480 e. The second kappa shape index (κ2) is 7.37. The zero-order valence-electron chi connectivity index (χ0n) is 11.4. The molecule has 3 N–H and O–H groups in total. The number of carbonyl (C=O) groups excluding carboxylic acids is 1. The summed E-state index contributed by atoms with van der Waals surface area (Å²) in [5, 5.41) is 20.1. The first-order valence-electron chi connectivity index (χ1n) is 6.40. The highest BCUT2D eigenvalue weighted by molar-refractivity contribution is 8.00. The fourth-order valence-corrected chi connectivity index (χ4v) is 3.26.